The van der Waals surface area contributed by atoms with Crippen molar-refractivity contribution in [1.82, 2.24) is 4.90 Å². The average molecular weight is 359 g/mol. The molecule has 3 rings (SSSR count). The van der Waals surface area contributed by atoms with Crippen molar-refractivity contribution in [1.29, 1.82) is 0 Å². The molecule has 1 N–H and O–H groups in total. The molecule has 1 aromatic carbocycles. The number of hydrogen-bond acceptors (Lipinski definition) is 5. The summed E-state index contributed by atoms with van der Waals surface area (Å²) in [5.74, 6) is -0.254. The first-order valence-electron chi connectivity index (χ1n) is 7.19. The number of hydrogen-bond donors (Lipinski definition) is 1. The van der Waals surface area contributed by atoms with Crippen molar-refractivity contribution in [3.8, 4) is 11.3 Å². The Balaban J connectivity index is 1.93. The number of nitrogens with zero attached hydrogens (tertiary/aromatic N) is 1. The van der Waals surface area contributed by atoms with Gasteiger partial charge in [-0.1, -0.05) is 42.2 Å². The summed E-state index contributed by atoms with van der Waals surface area (Å²) >= 11 is 6.40. The van der Waals surface area contributed by atoms with Crippen LogP contribution in [0.5, 0.6) is 0 Å². The maximum absolute atomic E-state index is 12.2. The number of carboxylic acids is 1. The van der Waals surface area contributed by atoms with Crippen LogP contribution in [0.2, 0.25) is 0 Å². The van der Waals surface area contributed by atoms with Gasteiger partial charge < -0.3 is 9.52 Å². The molecule has 0 atom stereocenters. The number of likely N-dealkylation sites (N-methyl/N-ethyl adjacent to an activating group) is 1. The number of rotatable bonds is 4. The molecular weight excluding hydrogens is 346 g/mol. The van der Waals surface area contributed by atoms with Gasteiger partial charge in [0, 0.05) is 18.2 Å². The first kappa shape index (κ1) is 16.5. The monoisotopic (exact) mass is 359 g/mol. The highest BCUT2D eigenvalue weighted by atomic mass is 32.2. The van der Waals surface area contributed by atoms with Gasteiger partial charge in [-0.15, -0.1) is 0 Å². The van der Waals surface area contributed by atoms with E-state index in [4.69, 9.17) is 16.6 Å². The second-order valence-electron chi connectivity index (χ2n) is 4.98. The van der Waals surface area contributed by atoms with Crippen molar-refractivity contribution in [3.63, 3.8) is 0 Å². The van der Waals surface area contributed by atoms with Crippen molar-refractivity contribution < 1.29 is 19.1 Å². The fraction of sp³-hybridized carbons (Fsp3) is 0.118. The highest BCUT2D eigenvalue weighted by Gasteiger charge is 2.30. The van der Waals surface area contributed by atoms with E-state index in [1.165, 1.54) is 22.7 Å². The van der Waals surface area contributed by atoms with Crippen LogP contribution in [0.15, 0.2) is 45.7 Å². The van der Waals surface area contributed by atoms with E-state index in [9.17, 15) is 14.7 Å². The van der Waals surface area contributed by atoms with Crippen LogP contribution >= 0.6 is 24.0 Å². The van der Waals surface area contributed by atoms with Crippen LogP contribution < -0.4 is 0 Å². The van der Waals surface area contributed by atoms with Gasteiger partial charge in [-0.05, 0) is 25.1 Å². The van der Waals surface area contributed by atoms with Gasteiger partial charge in [0.2, 0.25) is 0 Å². The fourth-order valence-electron chi connectivity index (χ4n) is 2.36. The molecular formula is C17H13NO4S2. The molecule has 1 amide bonds. The van der Waals surface area contributed by atoms with Gasteiger partial charge in [0.1, 0.15) is 15.8 Å². The van der Waals surface area contributed by atoms with E-state index in [0.29, 0.717) is 32.9 Å². The summed E-state index contributed by atoms with van der Waals surface area (Å²) in [7, 11) is 0. The number of amides is 1. The smallest absolute Gasteiger partial charge is 0.336 e. The molecule has 2 heterocycles. The van der Waals surface area contributed by atoms with Gasteiger partial charge in [-0.25, -0.2) is 4.79 Å². The summed E-state index contributed by atoms with van der Waals surface area (Å²) in [6, 6.07) is 10.00. The predicted molar refractivity (Wildman–Crippen MR) is 96.7 cm³/mol. The lowest BCUT2D eigenvalue weighted by Crippen LogP contribution is -2.27. The second-order valence-corrected chi connectivity index (χ2v) is 6.65. The number of benzene rings is 1. The van der Waals surface area contributed by atoms with E-state index in [-0.39, 0.29) is 11.5 Å². The molecule has 7 heteroatoms. The van der Waals surface area contributed by atoms with Crippen LogP contribution in [-0.2, 0) is 4.79 Å². The first-order valence-corrected chi connectivity index (χ1v) is 8.41. The minimum Gasteiger partial charge on any atom is -0.478 e. The molecule has 1 aromatic heterocycles. The van der Waals surface area contributed by atoms with Gasteiger partial charge >= 0.3 is 5.97 Å². The summed E-state index contributed by atoms with van der Waals surface area (Å²) in [5, 5.41) is 9.26. The molecule has 1 saturated heterocycles. The predicted octanol–water partition coefficient (Wildman–Crippen LogP) is 3.87. The van der Waals surface area contributed by atoms with E-state index in [1.807, 2.05) is 6.92 Å². The standard InChI is InChI=1S/C17H13NO4S2/c1-2-18-15(19)14(24-17(18)23)9-10-7-8-13(22-10)11-5-3-4-6-12(11)16(20)21/h3-9H,2H2,1H3,(H,20,21). The SMILES string of the molecule is CCN1C(=O)C(=Cc2ccc(-c3ccccc3C(=O)O)o2)SC1=S. The van der Waals surface area contributed by atoms with E-state index < -0.39 is 5.97 Å². The van der Waals surface area contributed by atoms with Crippen molar-refractivity contribution in [2.75, 3.05) is 6.54 Å². The molecule has 0 bridgehead atoms. The van der Waals surface area contributed by atoms with E-state index in [1.54, 1.807) is 36.4 Å². The van der Waals surface area contributed by atoms with Crippen molar-refractivity contribution in [2.24, 2.45) is 0 Å². The zero-order chi connectivity index (χ0) is 17.3. The summed E-state index contributed by atoms with van der Waals surface area (Å²) in [4.78, 5) is 25.5. The number of carbonyl (C=O) groups excluding carboxylic acids is 1. The summed E-state index contributed by atoms with van der Waals surface area (Å²) < 4.78 is 6.23. The van der Waals surface area contributed by atoms with E-state index in [2.05, 4.69) is 0 Å². The third-order valence-corrected chi connectivity index (χ3v) is 4.89. The lowest BCUT2D eigenvalue weighted by molar-refractivity contribution is -0.122. The van der Waals surface area contributed by atoms with Gasteiger partial charge in [-0.3, -0.25) is 9.69 Å². The molecule has 0 radical (unpaired) electrons. The Labute approximate surface area is 148 Å². The van der Waals surface area contributed by atoms with Crippen molar-refractivity contribution >= 4 is 46.3 Å². The minimum absolute atomic E-state index is 0.142. The summed E-state index contributed by atoms with van der Waals surface area (Å²) in [5.41, 5.74) is 0.654. The fourth-order valence-corrected chi connectivity index (χ4v) is 3.73. The quantitative estimate of drug-likeness (QED) is 0.660. The summed E-state index contributed by atoms with van der Waals surface area (Å²) in [6.45, 7) is 2.39. The maximum Gasteiger partial charge on any atom is 0.336 e. The molecule has 1 aliphatic heterocycles. The second kappa shape index (κ2) is 6.62. The van der Waals surface area contributed by atoms with Crippen molar-refractivity contribution in [2.45, 2.75) is 6.92 Å². The van der Waals surface area contributed by atoms with Crippen LogP contribution in [0.3, 0.4) is 0 Å². The van der Waals surface area contributed by atoms with Gasteiger partial charge in [-0.2, -0.15) is 0 Å². The Kier molecular flexibility index (Phi) is 4.55. The lowest BCUT2D eigenvalue weighted by Gasteiger charge is -2.09. The largest absolute Gasteiger partial charge is 0.478 e. The lowest BCUT2D eigenvalue weighted by atomic mass is 10.1. The molecule has 1 fully saturated rings. The normalized spacial score (nSPS) is 16.2. The highest BCUT2D eigenvalue weighted by Crippen LogP contribution is 2.33. The zero-order valence-electron chi connectivity index (χ0n) is 12.7. The summed E-state index contributed by atoms with van der Waals surface area (Å²) in [6.07, 6.45) is 1.63. The number of thiocarbonyl (C=S) groups is 1. The molecule has 0 unspecified atom stereocenters. The van der Waals surface area contributed by atoms with Crippen LogP contribution in [-0.4, -0.2) is 32.7 Å². The third kappa shape index (κ3) is 3.00. The number of carbonyl (C=O) groups is 2. The Bertz CT molecular complexity index is 869. The number of thioether (sulfide) groups is 1. The third-order valence-electron chi connectivity index (χ3n) is 3.51. The maximum atomic E-state index is 12.2. The molecule has 0 saturated carbocycles. The Morgan fingerprint density at radius 2 is 2.08 bits per heavy atom. The number of furan rings is 1. The molecule has 24 heavy (non-hydrogen) atoms. The number of carboxylic acid groups (broad SMARTS) is 1. The molecule has 1 aliphatic rings. The Morgan fingerprint density at radius 1 is 1.33 bits per heavy atom. The molecule has 0 aliphatic carbocycles. The molecule has 122 valence electrons. The van der Waals surface area contributed by atoms with Crippen LogP contribution in [0.1, 0.15) is 23.0 Å². The van der Waals surface area contributed by atoms with Crippen LogP contribution in [0, 0.1) is 0 Å². The number of aromatic carboxylic acids is 1. The van der Waals surface area contributed by atoms with Crippen LogP contribution in [0.4, 0.5) is 0 Å². The molecule has 0 spiro atoms. The van der Waals surface area contributed by atoms with E-state index in [0.717, 1.165) is 0 Å². The average Bonchev–Trinajstić information content (AvgIpc) is 3.13. The molecule has 5 nitrogen and oxygen atoms in total. The first-order chi connectivity index (χ1) is 11.5. The molecule has 2 aromatic rings. The Hall–Kier alpha value is -2.38. The van der Waals surface area contributed by atoms with Gasteiger partial charge in [0.25, 0.3) is 5.91 Å². The van der Waals surface area contributed by atoms with Crippen LogP contribution in [0.25, 0.3) is 17.4 Å². The Morgan fingerprint density at radius 3 is 2.75 bits per heavy atom. The van der Waals surface area contributed by atoms with E-state index >= 15 is 0 Å². The topological polar surface area (TPSA) is 70.8 Å². The van der Waals surface area contributed by atoms with Gasteiger partial charge in [0.15, 0.2) is 0 Å². The van der Waals surface area contributed by atoms with Crippen molar-refractivity contribution in [3.05, 3.63) is 52.6 Å². The minimum atomic E-state index is -1.02. The highest BCUT2D eigenvalue weighted by molar-refractivity contribution is 8.26. The zero-order valence-corrected chi connectivity index (χ0v) is 14.3. The van der Waals surface area contributed by atoms with Gasteiger partial charge in [0.05, 0.1) is 10.5 Å².